The van der Waals surface area contributed by atoms with Crippen LogP contribution in [0.5, 0.6) is 0 Å². The van der Waals surface area contributed by atoms with Gasteiger partial charge in [-0.05, 0) is 37.8 Å². The number of rotatable bonds is 5. The van der Waals surface area contributed by atoms with E-state index in [2.05, 4.69) is 29.5 Å². The Hall–Kier alpha value is -1.76. The van der Waals surface area contributed by atoms with Crippen molar-refractivity contribution in [1.82, 2.24) is 10.6 Å². The molecule has 1 atom stereocenters. The molecule has 7 heteroatoms. The van der Waals surface area contributed by atoms with Gasteiger partial charge in [-0.1, -0.05) is 25.1 Å². The van der Waals surface area contributed by atoms with E-state index in [9.17, 15) is 13.2 Å². The Labute approximate surface area is 153 Å². The van der Waals surface area contributed by atoms with E-state index in [0.717, 1.165) is 12.5 Å². The highest BCUT2D eigenvalue weighted by Gasteiger charge is 2.37. The molecule has 1 aliphatic rings. The summed E-state index contributed by atoms with van der Waals surface area (Å²) >= 11 is 0. The van der Waals surface area contributed by atoms with Crippen LogP contribution in [-0.4, -0.2) is 38.8 Å². The molecule has 0 spiro atoms. The minimum Gasteiger partial charge on any atom is -0.381 e. The van der Waals surface area contributed by atoms with Gasteiger partial charge in [-0.25, -0.2) is 0 Å². The van der Waals surface area contributed by atoms with Crippen LogP contribution in [0.15, 0.2) is 29.3 Å². The van der Waals surface area contributed by atoms with Crippen LogP contribution in [0, 0.1) is 0 Å². The third-order valence-corrected chi connectivity index (χ3v) is 5.07. The summed E-state index contributed by atoms with van der Waals surface area (Å²) in [5, 5.41) is 6.59. The topological polar surface area (TPSA) is 45.7 Å². The molecule has 26 heavy (non-hydrogen) atoms. The normalized spacial score (nSPS) is 19.1. The summed E-state index contributed by atoms with van der Waals surface area (Å²) in [5.41, 5.74) is -0.322. The Morgan fingerprint density at radius 2 is 2.00 bits per heavy atom. The van der Waals surface area contributed by atoms with Gasteiger partial charge < -0.3 is 15.4 Å². The Kier molecular flexibility index (Phi) is 6.92. The molecule has 0 bridgehead atoms. The Balaban J connectivity index is 2.23. The van der Waals surface area contributed by atoms with Crippen LogP contribution >= 0.6 is 0 Å². The lowest BCUT2D eigenvalue weighted by atomic mass is 9.73. The quantitative estimate of drug-likeness (QED) is 0.613. The molecule has 1 aromatic carbocycles. The van der Waals surface area contributed by atoms with Gasteiger partial charge in [-0.15, -0.1) is 0 Å². The molecule has 2 rings (SSSR count). The lowest BCUT2D eigenvalue weighted by Gasteiger charge is -2.38. The minimum atomic E-state index is -4.34. The average molecular weight is 371 g/mol. The zero-order valence-electron chi connectivity index (χ0n) is 15.6. The predicted molar refractivity (Wildman–Crippen MR) is 97.4 cm³/mol. The first-order valence-corrected chi connectivity index (χ1v) is 9.03. The first-order chi connectivity index (χ1) is 12.3. The van der Waals surface area contributed by atoms with Crippen molar-refractivity contribution in [2.75, 3.05) is 26.8 Å². The van der Waals surface area contributed by atoms with Gasteiger partial charge >= 0.3 is 6.18 Å². The molecule has 0 amide bonds. The molecule has 1 aliphatic heterocycles. The van der Waals surface area contributed by atoms with Crippen molar-refractivity contribution in [2.45, 2.75) is 50.7 Å². The molecule has 1 heterocycles. The predicted octanol–water partition coefficient (Wildman–Crippen LogP) is 3.72. The maximum atomic E-state index is 13.1. The van der Waals surface area contributed by atoms with Gasteiger partial charge in [0.1, 0.15) is 0 Å². The van der Waals surface area contributed by atoms with Crippen molar-refractivity contribution in [3.05, 3.63) is 35.4 Å². The zero-order valence-corrected chi connectivity index (χ0v) is 15.6. The maximum absolute atomic E-state index is 13.1. The van der Waals surface area contributed by atoms with Crippen LogP contribution in [-0.2, 0) is 16.3 Å². The van der Waals surface area contributed by atoms with E-state index in [-0.39, 0.29) is 6.04 Å². The fourth-order valence-electron chi connectivity index (χ4n) is 3.14. The van der Waals surface area contributed by atoms with Gasteiger partial charge in [-0.2, -0.15) is 13.2 Å². The van der Waals surface area contributed by atoms with Crippen molar-refractivity contribution < 1.29 is 17.9 Å². The molecule has 0 aliphatic carbocycles. The van der Waals surface area contributed by atoms with Crippen LogP contribution in [0.2, 0.25) is 0 Å². The number of alkyl halides is 3. The van der Waals surface area contributed by atoms with E-state index in [1.807, 2.05) is 0 Å². The summed E-state index contributed by atoms with van der Waals surface area (Å²) < 4.78 is 44.9. The largest absolute Gasteiger partial charge is 0.416 e. The first kappa shape index (κ1) is 20.6. The standard InChI is InChI=1S/C19H28F3N3O/c1-4-14(2)25-17(23-3)24-13-18(8-10-26-11-9-18)15-6-5-7-16(12-15)19(20,21)22/h5-7,12,14H,4,8-11,13H2,1-3H3,(H2,23,24,25). The van der Waals surface area contributed by atoms with Crippen molar-refractivity contribution in [2.24, 2.45) is 4.99 Å². The second kappa shape index (κ2) is 8.75. The van der Waals surface area contributed by atoms with E-state index in [0.29, 0.717) is 44.1 Å². The van der Waals surface area contributed by atoms with E-state index in [4.69, 9.17) is 4.74 Å². The van der Waals surface area contributed by atoms with E-state index in [1.54, 1.807) is 13.1 Å². The smallest absolute Gasteiger partial charge is 0.381 e. The molecule has 146 valence electrons. The van der Waals surface area contributed by atoms with Crippen molar-refractivity contribution in [1.29, 1.82) is 0 Å². The summed E-state index contributed by atoms with van der Waals surface area (Å²) in [6.45, 7) is 5.72. The fourth-order valence-corrected chi connectivity index (χ4v) is 3.14. The molecule has 4 nitrogen and oxygen atoms in total. The summed E-state index contributed by atoms with van der Waals surface area (Å²) in [5.74, 6) is 0.664. The highest BCUT2D eigenvalue weighted by atomic mass is 19.4. The van der Waals surface area contributed by atoms with Crippen LogP contribution in [0.4, 0.5) is 13.2 Å². The molecule has 1 fully saturated rings. The summed E-state index contributed by atoms with van der Waals surface area (Å²) in [4.78, 5) is 4.23. The SMILES string of the molecule is CCC(C)NC(=NC)NCC1(c2cccc(C(F)(F)F)c2)CCOCC1. The Morgan fingerprint density at radius 1 is 1.31 bits per heavy atom. The second-order valence-corrected chi connectivity index (χ2v) is 6.85. The third kappa shape index (κ3) is 5.13. The highest BCUT2D eigenvalue weighted by molar-refractivity contribution is 5.80. The summed E-state index contributed by atoms with van der Waals surface area (Å²) in [6, 6.07) is 5.93. The van der Waals surface area contributed by atoms with Crippen molar-refractivity contribution in [3.8, 4) is 0 Å². The molecule has 1 saturated heterocycles. The van der Waals surface area contributed by atoms with Crippen molar-refractivity contribution in [3.63, 3.8) is 0 Å². The lowest BCUT2D eigenvalue weighted by Crippen LogP contribution is -2.49. The van der Waals surface area contributed by atoms with Gasteiger partial charge in [0.15, 0.2) is 5.96 Å². The monoisotopic (exact) mass is 371 g/mol. The van der Waals surface area contributed by atoms with Gasteiger partial charge in [-0.3, -0.25) is 4.99 Å². The number of nitrogens with zero attached hydrogens (tertiary/aromatic N) is 1. The number of hydrogen-bond donors (Lipinski definition) is 2. The number of nitrogens with one attached hydrogen (secondary N) is 2. The van der Waals surface area contributed by atoms with E-state index in [1.165, 1.54) is 12.1 Å². The van der Waals surface area contributed by atoms with Gasteiger partial charge in [0.2, 0.25) is 0 Å². The molecule has 1 unspecified atom stereocenters. The van der Waals surface area contributed by atoms with E-state index >= 15 is 0 Å². The van der Waals surface area contributed by atoms with Crippen LogP contribution in [0.25, 0.3) is 0 Å². The van der Waals surface area contributed by atoms with Gasteiger partial charge in [0.25, 0.3) is 0 Å². The minimum absolute atomic E-state index is 0.264. The number of aliphatic imine (C=N–C) groups is 1. The lowest BCUT2D eigenvalue weighted by molar-refractivity contribution is -0.137. The molecule has 0 radical (unpaired) electrons. The molecule has 1 aromatic rings. The number of halogens is 3. The van der Waals surface area contributed by atoms with Crippen LogP contribution < -0.4 is 10.6 Å². The average Bonchev–Trinajstić information content (AvgIpc) is 2.65. The van der Waals surface area contributed by atoms with Crippen molar-refractivity contribution >= 4 is 5.96 Å². The molecule has 2 N–H and O–H groups in total. The van der Waals surface area contributed by atoms with Gasteiger partial charge in [0, 0.05) is 38.3 Å². The number of hydrogen-bond acceptors (Lipinski definition) is 2. The van der Waals surface area contributed by atoms with Crippen LogP contribution in [0.3, 0.4) is 0 Å². The number of guanidine groups is 1. The van der Waals surface area contributed by atoms with Crippen LogP contribution in [0.1, 0.15) is 44.2 Å². The zero-order chi connectivity index (χ0) is 19.2. The Morgan fingerprint density at radius 3 is 2.58 bits per heavy atom. The first-order valence-electron chi connectivity index (χ1n) is 9.03. The summed E-state index contributed by atoms with van der Waals surface area (Å²) in [7, 11) is 1.69. The third-order valence-electron chi connectivity index (χ3n) is 5.07. The number of ether oxygens (including phenoxy) is 1. The molecular weight excluding hydrogens is 343 g/mol. The second-order valence-electron chi connectivity index (χ2n) is 6.85. The maximum Gasteiger partial charge on any atom is 0.416 e. The number of benzene rings is 1. The van der Waals surface area contributed by atoms with E-state index < -0.39 is 17.2 Å². The molecule has 0 aromatic heterocycles. The Bertz CT molecular complexity index is 610. The molecule has 0 saturated carbocycles. The fraction of sp³-hybridized carbons (Fsp3) is 0.632. The molecular formula is C19H28F3N3O. The summed E-state index contributed by atoms with van der Waals surface area (Å²) in [6.07, 6.45) is -2.06. The highest BCUT2D eigenvalue weighted by Crippen LogP contribution is 2.37. The van der Waals surface area contributed by atoms with Gasteiger partial charge in [0.05, 0.1) is 5.56 Å².